The van der Waals surface area contributed by atoms with Crippen molar-refractivity contribution < 1.29 is 5.11 Å². The zero-order chi connectivity index (χ0) is 14.4. The third-order valence-corrected chi connectivity index (χ3v) is 4.32. The van der Waals surface area contributed by atoms with E-state index in [0.29, 0.717) is 5.92 Å². The first-order valence-corrected chi connectivity index (χ1v) is 8.09. The number of aliphatic hydroxyl groups is 1. The molecule has 0 radical (unpaired) electrons. The lowest BCUT2D eigenvalue weighted by molar-refractivity contribution is 0.108. The van der Waals surface area contributed by atoms with Crippen LogP contribution >= 0.6 is 24.0 Å². The molecule has 1 atom stereocenters. The van der Waals surface area contributed by atoms with Crippen LogP contribution in [-0.4, -0.2) is 73.3 Å². The molecule has 124 valence electrons. The standard InChI is InChI=1S/C15H30N4O.HI/c1-3-16-15(19-9-6-14(20)7-10-19)17-11-13-5-4-8-18(2)12-13;/h13-14,20H,3-12H2,1-2H3,(H,16,17);1H. The van der Waals surface area contributed by atoms with E-state index in [1.165, 1.54) is 25.9 Å². The van der Waals surface area contributed by atoms with Gasteiger partial charge in [0.05, 0.1) is 6.10 Å². The van der Waals surface area contributed by atoms with Crippen LogP contribution in [0.1, 0.15) is 32.6 Å². The SMILES string of the molecule is CCNC(=NCC1CCCN(C)C1)N1CCC(O)CC1.I. The van der Waals surface area contributed by atoms with Gasteiger partial charge in [-0.25, -0.2) is 0 Å². The van der Waals surface area contributed by atoms with E-state index in [9.17, 15) is 5.11 Å². The Labute approximate surface area is 146 Å². The van der Waals surface area contributed by atoms with Crippen molar-refractivity contribution in [1.29, 1.82) is 0 Å². The molecule has 2 rings (SSSR count). The second kappa shape index (κ2) is 9.84. The topological polar surface area (TPSA) is 51.1 Å². The molecular formula is C15H31IN4O. The molecule has 0 saturated carbocycles. The Morgan fingerprint density at radius 3 is 2.57 bits per heavy atom. The zero-order valence-electron chi connectivity index (χ0n) is 13.4. The van der Waals surface area contributed by atoms with E-state index in [1.807, 2.05) is 0 Å². The maximum absolute atomic E-state index is 9.61. The molecule has 1 unspecified atom stereocenters. The monoisotopic (exact) mass is 410 g/mol. The lowest BCUT2D eigenvalue weighted by Gasteiger charge is -2.33. The number of piperidine rings is 2. The number of nitrogens with one attached hydrogen (secondary N) is 1. The quantitative estimate of drug-likeness (QED) is 0.419. The highest BCUT2D eigenvalue weighted by molar-refractivity contribution is 14.0. The van der Waals surface area contributed by atoms with Crippen LogP contribution < -0.4 is 5.32 Å². The fourth-order valence-corrected chi connectivity index (χ4v) is 3.14. The Bertz CT molecular complexity index is 319. The molecule has 2 aliphatic heterocycles. The van der Waals surface area contributed by atoms with E-state index in [2.05, 4.69) is 29.1 Å². The Kier molecular flexibility index (Phi) is 8.89. The van der Waals surface area contributed by atoms with E-state index in [4.69, 9.17) is 4.99 Å². The second-order valence-corrected chi connectivity index (χ2v) is 6.18. The van der Waals surface area contributed by atoms with Crippen LogP contribution in [-0.2, 0) is 0 Å². The first-order chi connectivity index (χ1) is 9.69. The van der Waals surface area contributed by atoms with Gasteiger partial charge in [-0.2, -0.15) is 0 Å². The minimum Gasteiger partial charge on any atom is -0.393 e. The van der Waals surface area contributed by atoms with Gasteiger partial charge in [0.15, 0.2) is 5.96 Å². The van der Waals surface area contributed by atoms with Crippen LogP contribution in [0.5, 0.6) is 0 Å². The van der Waals surface area contributed by atoms with Gasteiger partial charge in [-0.1, -0.05) is 0 Å². The Morgan fingerprint density at radius 1 is 1.24 bits per heavy atom. The molecule has 2 N–H and O–H groups in total. The average Bonchev–Trinajstić information content (AvgIpc) is 2.44. The lowest BCUT2D eigenvalue weighted by atomic mass is 9.99. The number of hydrogen-bond acceptors (Lipinski definition) is 3. The minimum atomic E-state index is -0.124. The highest BCUT2D eigenvalue weighted by Gasteiger charge is 2.21. The number of rotatable bonds is 3. The third-order valence-electron chi connectivity index (χ3n) is 4.32. The lowest BCUT2D eigenvalue weighted by Crippen LogP contribution is -2.47. The van der Waals surface area contributed by atoms with Crippen LogP contribution in [0.4, 0.5) is 0 Å². The van der Waals surface area contributed by atoms with Crippen molar-refractivity contribution in [2.45, 2.75) is 38.7 Å². The Morgan fingerprint density at radius 2 is 1.95 bits per heavy atom. The molecule has 6 heteroatoms. The van der Waals surface area contributed by atoms with Gasteiger partial charge in [-0.05, 0) is 52.1 Å². The molecule has 2 saturated heterocycles. The van der Waals surface area contributed by atoms with E-state index < -0.39 is 0 Å². The number of aliphatic imine (C=N–C) groups is 1. The molecule has 2 fully saturated rings. The number of guanidine groups is 1. The van der Waals surface area contributed by atoms with Gasteiger partial charge >= 0.3 is 0 Å². The first kappa shape index (κ1) is 19.0. The Balaban J connectivity index is 0.00000220. The van der Waals surface area contributed by atoms with Crippen molar-refractivity contribution in [3.05, 3.63) is 0 Å². The van der Waals surface area contributed by atoms with Crippen LogP contribution in [0.25, 0.3) is 0 Å². The van der Waals surface area contributed by atoms with Crippen molar-refractivity contribution in [1.82, 2.24) is 15.1 Å². The van der Waals surface area contributed by atoms with Crippen LogP contribution in [0.3, 0.4) is 0 Å². The summed E-state index contributed by atoms with van der Waals surface area (Å²) in [6, 6.07) is 0. The molecule has 5 nitrogen and oxygen atoms in total. The molecule has 0 spiro atoms. The maximum atomic E-state index is 9.61. The molecule has 0 aromatic carbocycles. The highest BCUT2D eigenvalue weighted by Crippen LogP contribution is 2.16. The maximum Gasteiger partial charge on any atom is 0.193 e. The summed E-state index contributed by atoms with van der Waals surface area (Å²) >= 11 is 0. The number of hydrogen-bond donors (Lipinski definition) is 2. The second-order valence-electron chi connectivity index (χ2n) is 6.18. The van der Waals surface area contributed by atoms with E-state index in [1.54, 1.807) is 0 Å². The van der Waals surface area contributed by atoms with Crippen LogP contribution in [0.15, 0.2) is 4.99 Å². The zero-order valence-corrected chi connectivity index (χ0v) is 15.8. The normalized spacial score (nSPS) is 25.6. The summed E-state index contributed by atoms with van der Waals surface area (Å²) in [6.07, 6.45) is 4.18. The predicted octanol–water partition coefficient (Wildman–Crippen LogP) is 1.37. The summed E-state index contributed by atoms with van der Waals surface area (Å²) in [6.45, 7) is 8.16. The number of halogens is 1. The third kappa shape index (κ3) is 6.28. The summed E-state index contributed by atoms with van der Waals surface area (Å²) in [5.74, 6) is 1.73. The van der Waals surface area contributed by atoms with E-state index in [0.717, 1.165) is 45.0 Å². The molecule has 0 bridgehead atoms. The van der Waals surface area contributed by atoms with Crippen LogP contribution in [0, 0.1) is 5.92 Å². The van der Waals surface area contributed by atoms with Gasteiger partial charge in [0.25, 0.3) is 0 Å². The number of nitrogens with zero attached hydrogens (tertiary/aromatic N) is 3. The fraction of sp³-hybridized carbons (Fsp3) is 0.933. The molecule has 21 heavy (non-hydrogen) atoms. The van der Waals surface area contributed by atoms with Gasteiger partial charge in [0.2, 0.25) is 0 Å². The summed E-state index contributed by atoms with van der Waals surface area (Å²) in [7, 11) is 2.20. The van der Waals surface area contributed by atoms with Crippen LogP contribution in [0.2, 0.25) is 0 Å². The van der Waals surface area contributed by atoms with Crippen molar-refractivity contribution in [2.75, 3.05) is 46.3 Å². The smallest absolute Gasteiger partial charge is 0.193 e. The van der Waals surface area contributed by atoms with Gasteiger partial charge in [-0.3, -0.25) is 4.99 Å². The summed E-state index contributed by atoms with van der Waals surface area (Å²) in [5, 5.41) is 13.0. The van der Waals surface area contributed by atoms with Crippen molar-refractivity contribution in [3.63, 3.8) is 0 Å². The molecule has 0 amide bonds. The Hall–Kier alpha value is -0.0800. The molecule has 2 aliphatic rings. The number of aliphatic hydroxyl groups excluding tert-OH is 1. The largest absolute Gasteiger partial charge is 0.393 e. The van der Waals surface area contributed by atoms with Crippen molar-refractivity contribution >= 4 is 29.9 Å². The van der Waals surface area contributed by atoms with Gasteiger partial charge in [0.1, 0.15) is 0 Å². The molecular weight excluding hydrogens is 379 g/mol. The summed E-state index contributed by atoms with van der Waals surface area (Å²) in [5.41, 5.74) is 0. The van der Waals surface area contributed by atoms with Crippen molar-refractivity contribution in [3.8, 4) is 0 Å². The molecule has 0 aromatic heterocycles. The molecule has 0 aromatic rings. The van der Waals surface area contributed by atoms with Gasteiger partial charge in [-0.15, -0.1) is 24.0 Å². The predicted molar refractivity (Wildman–Crippen MR) is 98.4 cm³/mol. The molecule has 2 heterocycles. The first-order valence-electron chi connectivity index (χ1n) is 8.09. The average molecular weight is 410 g/mol. The van der Waals surface area contributed by atoms with Gasteiger partial charge in [0, 0.05) is 32.7 Å². The fourth-order valence-electron chi connectivity index (χ4n) is 3.14. The number of likely N-dealkylation sites (tertiary alicyclic amines) is 2. The van der Waals surface area contributed by atoms with Crippen molar-refractivity contribution in [2.24, 2.45) is 10.9 Å². The highest BCUT2D eigenvalue weighted by atomic mass is 127. The van der Waals surface area contributed by atoms with E-state index in [-0.39, 0.29) is 30.1 Å². The molecule has 0 aliphatic carbocycles. The van der Waals surface area contributed by atoms with E-state index >= 15 is 0 Å². The minimum absolute atomic E-state index is 0. The summed E-state index contributed by atoms with van der Waals surface area (Å²) < 4.78 is 0. The summed E-state index contributed by atoms with van der Waals surface area (Å²) in [4.78, 5) is 9.55. The van der Waals surface area contributed by atoms with Gasteiger partial charge < -0.3 is 20.2 Å².